The third-order valence-electron chi connectivity index (χ3n) is 4.67. The highest BCUT2D eigenvalue weighted by Gasteiger charge is 2.47. The summed E-state index contributed by atoms with van der Waals surface area (Å²) in [6, 6.07) is 1.13. The summed E-state index contributed by atoms with van der Waals surface area (Å²) in [7, 11) is 0. The molecule has 1 aliphatic carbocycles. The van der Waals surface area contributed by atoms with Crippen molar-refractivity contribution in [3.63, 3.8) is 0 Å². The highest BCUT2D eigenvalue weighted by molar-refractivity contribution is 5.85. The van der Waals surface area contributed by atoms with E-state index >= 15 is 0 Å². The molecule has 0 radical (unpaired) electrons. The number of hydrogen-bond donors (Lipinski definition) is 1. The molecule has 21 heavy (non-hydrogen) atoms. The van der Waals surface area contributed by atoms with E-state index in [0.717, 1.165) is 25.7 Å². The van der Waals surface area contributed by atoms with Gasteiger partial charge in [-0.1, -0.05) is 18.0 Å². The van der Waals surface area contributed by atoms with Crippen molar-refractivity contribution in [2.45, 2.75) is 57.5 Å². The van der Waals surface area contributed by atoms with Crippen LogP contribution in [0.3, 0.4) is 0 Å². The van der Waals surface area contributed by atoms with Gasteiger partial charge in [0.15, 0.2) is 0 Å². The van der Waals surface area contributed by atoms with E-state index in [9.17, 15) is 14.7 Å². The number of carboxylic acids is 1. The summed E-state index contributed by atoms with van der Waals surface area (Å²) in [5.74, 6) is -0.0495. The quantitative estimate of drug-likeness (QED) is 0.918. The van der Waals surface area contributed by atoms with Gasteiger partial charge in [-0.3, -0.25) is 4.79 Å². The summed E-state index contributed by atoms with van der Waals surface area (Å²) in [5.41, 5.74) is 0.570. The first-order chi connectivity index (χ1) is 10.1. The minimum atomic E-state index is -0.894. The molecular weight excluding hydrogens is 272 g/mol. The number of carbonyl (C=O) groups excluding carboxylic acids is 1. The van der Waals surface area contributed by atoms with Crippen LogP contribution in [0.25, 0.3) is 0 Å². The number of fused-ring (bicyclic) bond motifs is 1. The van der Waals surface area contributed by atoms with Crippen LogP contribution in [-0.4, -0.2) is 39.1 Å². The van der Waals surface area contributed by atoms with E-state index in [1.165, 1.54) is 0 Å². The standard InChI is InChI=1S/C15H20N2O4/c1-9-6-11(16-21-9)8-14(18)17-12-5-3-2-4-10(12)7-13(17)15(19)20/h6,10,12-13H,2-5,7-8H2,1H3,(H,19,20). The Balaban J connectivity index is 1.79. The molecule has 2 fully saturated rings. The number of carbonyl (C=O) groups is 2. The molecule has 1 aromatic heterocycles. The number of aliphatic carboxylic acids is 1. The minimum absolute atomic E-state index is 0.0837. The highest BCUT2D eigenvalue weighted by Crippen LogP contribution is 2.40. The Hall–Kier alpha value is -1.85. The molecule has 6 nitrogen and oxygen atoms in total. The second-order valence-corrected chi connectivity index (χ2v) is 6.11. The predicted octanol–water partition coefficient (Wildman–Crippen LogP) is 1.77. The van der Waals surface area contributed by atoms with Gasteiger partial charge in [0.25, 0.3) is 0 Å². The third-order valence-corrected chi connectivity index (χ3v) is 4.67. The summed E-state index contributed by atoms with van der Waals surface area (Å²) >= 11 is 0. The van der Waals surface area contributed by atoms with Gasteiger partial charge >= 0.3 is 5.97 Å². The molecule has 6 heteroatoms. The Labute approximate surface area is 123 Å². The molecule has 0 aromatic carbocycles. The molecule has 3 rings (SSSR count). The van der Waals surface area contributed by atoms with Gasteiger partial charge in [0.1, 0.15) is 11.8 Å². The summed E-state index contributed by atoms with van der Waals surface area (Å²) < 4.78 is 4.97. The normalized spacial score (nSPS) is 28.4. The number of carboxylic acid groups (broad SMARTS) is 1. The lowest BCUT2D eigenvalue weighted by atomic mass is 9.84. The first-order valence-corrected chi connectivity index (χ1v) is 7.52. The van der Waals surface area contributed by atoms with Gasteiger partial charge in [-0.05, 0) is 32.1 Å². The van der Waals surface area contributed by atoms with E-state index in [-0.39, 0.29) is 18.4 Å². The monoisotopic (exact) mass is 292 g/mol. The minimum Gasteiger partial charge on any atom is -0.480 e. The lowest BCUT2D eigenvalue weighted by Gasteiger charge is -2.32. The molecule has 2 heterocycles. The lowest BCUT2D eigenvalue weighted by molar-refractivity contribution is -0.149. The van der Waals surface area contributed by atoms with Gasteiger partial charge in [-0.25, -0.2) is 4.79 Å². The van der Waals surface area contributed by atoms with E-state index < -0.39 is 12.0 Å². The average molecular weight is 292 g/mol. The van der Waals surface area contributed by atoms with Crippen molar-refractivity contribution in [2.75, 3.05) is 0 Å². The van der Waals surface area contributed by atoms with Gasteiger partial charge in [0, 0.05) is 12.1 Å². The summed E-state index contributed by atoms with van der Waals surface area (Å²) in [5, 5.41) is 13.3. The fourth-order valence-electron chi connectivity index (χ4n) is 3.79. The Morgan fingerprint density at radius 2 is 2.19 bits per heavy atom. The first kappa shape index (κ1) is 14.1. The fraction of sp³-hybridized carbons (Fsp3) is 0.667. The number of aryl methyl sites for hydroxylation is 1. The summed E-state index contributed by atoms with van der Waals surface area (Å²) in [4.78, 5) is 25.7. The maximum atomic E-state index is 12.6. The molecular formula is C15H20N2O4. The molecule has 114 valence electrons. The van der Waals surface area contributed by atoms with E-state index in [1.807, 2.05) is 0 Å². The molecule has 1 N–H and O–H groups in total. The Morgan fingerprint density at radius 1 is 1.43 bits per heavy atom. The zero-order chi connectivity index (χ0) is 15.0. The van der Waals surface area contributed by atoms with Crippen LogP contribution in [0.15, 0.2) is 10.6 Å². The van der Waals surface area contributed by atoms with Crippen molar-refractivity contribution in [3.05, 3.63) is 17.5 Å². The average Bonchev–Trinajstić information content (AvgIpc) is 3.02. The molecule has 1 aliphatic heterocycles. The fourth-order valence-corrected chi connectivity index (χ4v) is 3.79. The van der Waals surface area contributed by atoms with Crippen LogP contribution in [0, 0.1) is 12.8 Å². The number of amides is 1. The smallest absolute Gasteiger partial charge is 0.326 e. The molecule has 2 aliphatic rings. The number of likely N-dealkylation sites (tertiary alicyclic amines) is 1. The van der Waals surface area contributed by atoms with Crippen LogP contribution in [0.5, 0.6) is 0 Å². The second-order valence-electron chi connectivity index (χ2n) is 6.11. The van der Waals surface area contributed by atoms with Crippen LogP contribution in [0.1, 0.15) is 43.6 Å². The molecule has 1 aromatic rings. The maximum Gasteiger partial charge on any atom is 0.326 e. The zero-order valence-corrected chi connectivity index (χ0v) is 12.1. The van der Waals surface area contributed by atoms with Gasteiger partial charge in [-0.2, -0.15) is 0 Å². The molecule has 3 unspecified atom stereocenters. The van der Waals surface area contributed by atoms with Crippen LogP contribution >= 0.6 is 0 Å². The first-order valence-electron chi connectivity index (χ1n) is 7.52. The van der Waals surface area contributed by atoms with E-state index in [0.29, 0.717) is 23.8 Å². The summed E-state index contributed by atoms with van der Waals surface area (Å²) in [6.45, 7) is 1.77. The Kier molecular flexibility index (Phi) is 3.69. The zero-order valence-electron chi connectivity index (χ0n) is 12.1. The van der Waals surface area contributed by atoms with Crippen molar-refractivity contribution in [3.8, 4) is 0 Å². The van der Waals surface area contributed by atoms with Crippen LogP contribution in [0.2, 0.25) is 0 Å². The largest absolute Gasteiger partial charge is 0.480 e. The SMILES string of the molecule is Cc1cc(CC(=O)N2C(C(=O)O)CC3CCCCC32)no1. The van der Waals surface area contributed by atoms with E-state index in [4.69, 9.17) is 4.52 Å². The molecule has 0 spiro atoms. The number of aromatic nitrogens is 1. The van der Waals surface area contributed by atoms with Crippen molar-refractivity contribution in [1.29, 1.82) is 0 Å². The molecule has 3 atom stereocenters. The van der Waals surface area contributed by atoms with Crippen molar-refractivity contribution < 1.29 is 19.2 Å². The van der Waals surface area contributed by atoms with Gasteiger partial charge in [0.05, 0.1) is 12.1 Å². The van der Waals surface area contributed by atoms with Crippen LogP contribution in [-0.2, 0) is 16.0 Å². The van der Waals surface area contributed by atoms with Crippen molar-refractivity contribution in [1.82, 2.24) is 10.1 Å². The van der Waals surface area contributed by atoms with Crippen molar-refractivity contribution >= 4 is 11.9 Å². The van der Waals surface area contributed by atoms with Crippen LogP contribution in [0.4, 0.5) is 0 Å². The van der Waals surface area contributed by atoms with Gasteiger partial charge in [-0.15, -0.1) is 0 Å². The van der Waals surface area contributed by atoms with Gasteiger partial charge < -0.3 is 14.5 Å². The topological polar surface area (TPSA) is 83.6 Å². The second kappa shape index (κ2) is 5.50. The van der Waals surface area contributed by atoms with E-state index in [1.54, 1.807) is 17.9 Å². The molecule has 0 bridgehead atoms. The molecule has 1 saturated heterocycles. The molecule has 1 saturated carbocycles. The predicted molar refractivity (Wildman–Crippen MR) is 73.6 cm³/mol. The Bertz CT molecular complexity index is 554. The lowest BCUT2D eigenvalue weighted by Crippen LogP contribution is -2.46. The number of hydrogen-bond acceptors (Lipinski definition) is 4. The van der Waals surface area contributed by atoms with Crippen LogP contribution < -0.4 is 0 Å². The Morgan fingerprint density at radius 3 is 2.86 bits per heavy atom. The number of nitrogens with zero attached hydrogens (tertiary/aromatic N) is 2. The highest BCUT2D eigenvalue weighted by atomic mass is 16.5. The maximum absolute atomic E-state index is 12.6. The van der Waals surface area contributed by atoms with Crippen molar-refractivity contribution in [2.24, 2.45) is 5.92 Å². The van der Waals surface area contributed by atoms with E-state index in [2.05, 4.69) is 5.16 Å². The molecule has 1 amide bonds. The number of rotatable bonds is 3. The third kappa shape index (κ3) is 2.66. The summed E-state index contributed by atoms with van der Waals surface area (Å²) in [6.07, 6.45) is 4.85. The van der Waals surface area contributed by atoms with Gasteiger partial charge in [0.2, 0.25) is 5.91 Å².